The van der Waals surface area contributed by atoms with E-state index in [2.05, 4.69) is 5.43 Å². The van der Waals surface area contributed by atoms with Crippen molar-refractivity contribution < 1.29 is 8.78 Å². The number of hydrogen-bond acceptors (Lipinski definition) is 3. The van der Waals surface area contributed by atoms with Crippen molar-refractivity contribution in [3.63, 3.8) is 0 Å². The van der Waals surface area contributed by atoms with Crippen LogP contribution in [0.5, 0.6) is 0 Å². The molecular formula is C7H10F2N2S. The molecule has 0 radical (unpaired) electrons. The second-order valence-electron chi connectivity index (χ2n) is 2.43. The van der Waals surface area contributed by atoms with Crippen LogP contribution in [0.2, 0.25) is 0 Å². The van der Waals surface area contributed by atoms with Gasteiger partial charge in [-0.3, -0.25) is 5.84 Å². The van der Waals surface area contributed by atoms with Crippen molar-refractivity contribution in [3.05, 3.63) is 21.9 Å². The second kappa shape index (κ2) is 3.93. The van der Waals surface area contributed by atoms with Gasteiger partial charge in [0, 0.05) is 9.75 Å². The first kappa shape index (κ1) is 9.57. The van der Waals surface area contributed by atoms with Gasteiger partial charge < -0.3 is 0 Å². The molecule has 1 rings (SSSR count). The van der Waals surface area contributed by atoms with Crippen molar-refractivity contribution in [1.82, 2.24) is 5.43 Å². The van der Waals surface area contributed by atoms with Gasteiger partial charge in [0.1, 0.15) is 6.04 Å². The number of thiophene rings is 1. The lowest BCUT2D eigenvalue weighted by atomic mass is 10.2. The van der Waals surface area contributed by atoms with Gasteiger partial charge in [0.2, 0.25) is 0 Å². The highest BCUT2D eigenvalue weighted by Crippen LogP contribution is 2.26. The fourth-order valence-corrected chi connectivity index (χ4v) is 1.84. The third-order valence-electron chi connectivity index (χ3n) is 1.50. The van der Waals surface area contributed by atoms with E-state index in [-0.39, 0.29) is 0 Å². The molecule has 3 N–H and O–H groups in total. The Morgan fingerprint density at radius 2 is 2.17 bits per heavy atom. The third-order valence-corrected chi connectivity index (χ3v) is 2.58. The van der Waals surface area contributed by atoms with E-state index in [4.69, 9.17) is 5.84 Å². The minimum Gasteiger partial charge on any atom is -0.271 e. The quantitative estimate of drug-likeness (QED) is 0.566. The van der Waals surface area contributed by atoms with Gasteiger partial charge in [-0.25, -0.2) is 14.2 Å². The average molecular weight is 192 g/mol. The fraction of sp³-hybridized carbons (Fsp3) is 0.429. The van der Waals surface area contributed by atoms with Crippen molar-refractivity contribution >= 4 is 11.3 Å². The van der Waals surface area contributed by atoms with E-state index in [1.54, 1.807) is 12.1 Å². The summed E-state index contributed by atoms with van der Waals surface area (Å²) < 4.78 is 24.5. The van der Waals surface area contributed by atoms with Crippen LogP contribution in [0.25, 0.3) is 0 Å². The Morgan fingerprint density at radius 3 is 2.50 bits per heavy atom. The molecule has 2 nitrogen and oxygen atoms in total. The summed E-state index contributed by atoms with van der Waals surface area (Å²) in [6.45, 7) is 1.87. The van der Waals surface area contributed by atoms with E-state index >= 15 is 0 Å². The molecule has 0 bridgehead atoms. The van der Waals surface area contributed by atoms with Crippen LogP contribution in [-0.4, -0.2) is 6.43 Å². The molecule has 0 aliphatic carbocycles. The van der Waals surface area contributed by atoms with Gasteiger partial charge in [-0.1, -0.05) is 0 Å². The van der Waals surface area contributed by atoms with Gasteiger partial charge in [0.05, 0.1) is 0 Å². The molecule has 0 spiro atoms. The molecule has 1 aromatic heterocycles. The zero-order chi connectivity index (χ0) is 9.14. The molecule has 0 saturated heterocycles. The van der Waals surface area contributed by atoms with Crippen LogP contribution < -0.4 is 11.3 Å². The van der Waals surface area contributed by atoms with E-state index in [1.807, 2.05) is 6.92 Å². The Hall–Kier alpha value is -0.520. The van der Waals surface area contributed by atoms with Crippen molar-refractivity contribution in [1.29, 1.82) is 0 Å². The van der Waals surface area contributed by atoms with E-state index < -0.39 is 12.5 Å². The van der Waals surface area contributed by atoms with Crippen LogP contribution in [0.15, 0.2) is 12.1 Å². The van der Waals surface area contributed by atoms with Crippen LogP contribution in [0.3, 0.4) is 0 Å². The lowest BCUT2D eigenvalue weighted by molar-refractivity contribution is 0.100. The number of hydrazine groups is 1. The first-order valence-electron chi connectivity index (χ1n) is 3.45. The van der Waals surface area contributed by atoms with Gasteiger partial charge >= 0.3 is 0 Å². The second-order valence-corrected chi connectivity index (χ2v) is 3.75. The predicted molar refractivity (Wildman–Crippen MR) is 45.1 cm³/mol. The molecule has 1 aromatic rings. The largest absolute Gasteiger partial charge is 0.271 e. The van der Waals surface area contributed by atoms with Crippen molar-refractivity contribution in [3.8, 4) is 0 Å². The molecule has 0 amide bonds. The lowest BCUT2D eigenvalue weighted by Crippen LogP contribution is -2.32. The average Bonchev–Trinajstić information content (AvgIpc) is 2.37. The Morgan fingerprint density at radius 1 is 1.50 bits per heavy atom. The summed E-state index contributed by atoms with van der Waals surface area (Å²) in [5.74, 6) is 4.99. The molecule has 5 heteroatoms. The molecule has 1 atom stereocenters. The first-order valence-corrected chi connectivity index (χ1v) is 4.27. The summed E-state index contributed by atoms with van der Waals surface area (Å²) in [7, 11) is 0. The van der Waals surface area contributed by atoms with Crippen LogP contribution >= 0.6 is 11.3 Å². The first-order chi connectivity index (χ1) is 5.65. The summed E-state index contributed by atoms with van der Waals surface area (Å²) in [6.07, 6.45) is -2.46. The van der Waals surface area contributed by atoms with Gasteiger partial charge in [0.15, 0.2) is 0 Å². The molecule has 0 aromatic carbocycles. The van der Waals surface area contributed by atoms with Gasteiger partial charge in [-0.2, -0.15) is 0 Å². The fourth-order valence-electron chi connectivity index (χ4n) is 0.900. The Balaban J connectivity index is 2.80. The third kappa shape index (κ3) is 2.00. The van der Waals surface area contributed by atoms with Crippen LogP contribution in [-0.2, 0) is 0 Å². The molecule has 0 aliphatic heterocycles. The maximum absolute atomic E-state index is 12.3. The summed E-state index contributed by atoms with van der Waals surface area (Å²) in [5.41, 5.74) is 2.09. The number of rotatable bonds is 3. The maximum atomic E-state index is 12.3. The van der Waals surface area contributed by atoms with Crippen LogP contribution in [0, 0.1) is 6.92 Å². The highest BCUT2D eigenvalue weighted by atomic mass is 32.1. The molecular weight excluding hydrogens is 182 g/mol. The topological polar surface area (TPSA) is 38.0 Å². The van der Waals surface area contributed by atoms with Crippen molar-refractivity contribution in [2.75, 3.05) is 0 Å². The zero-order valence-electron chi connectivity index (χ0n) is 6.55. The Bertz CT molecular complexity index is 249. The highest BCUT2D eigenvalue weighted by molar-refractivity contribution is 7.12. The Labute approximate surface area is 73.4 Å². The molecule has 12 heavy (non-hydrogen) atoms. The lowest BCUT2D eigenvalue weighted by Gasteiger charge is -2.11. The number of halogens is 2. The number of nitrogens with one attached hydrogen (secondary N) is 1. The van der Waals surface area contributed by atoms with Crippen molar-refractivity contribution in [2.45, 2.75) is 19.4 Å². The Kier molecular flexibility index (Phi) is 3.13. The van der Waals surface area contributed by atoms with Crippen molar-refractivity contribution in [2.24, 2.45) is 5.84 Å². The van der Waals surface area contributed by atoms with E-state index in [9.17, 15) is 8.78 Å². The molecule has 0 saturated carbocycles. The number of nitrogens with two attached hydrogens (primary N) is 1. The van der Waals surface area contributed by atoms with E-state index in [0.717, 1.165) is 4.88 Å². The summed E-state index contributed by atoms with van der Waals surface area (Å²) >= 11 is 1.33. The number of aryl methyl sites for hydroxylation is 1. The highest BCUT2D eigenvalue weighted by Gasteiger charge is 2.21. The molecule has 0 fully saturated rings. The molecule has 1 unspecified atom stereocenters. The SMILES string of the molecule is Cc1ccc(C(NN)C(F)F)s1. The van der Waals surface area contributed by atoms with Gasteiger partial charge in [-0.15, -0.1) is 11.3 Å². The number of alkyl halides is 2. The van der Waals surface area contributed by atoms with Crippen LogP contribution in [0.4, 0.5) is 8.78 Å². The monoisotopic (exact) mass is 192 g/mol. The zero-order valence-corrected chi connectivity index (χ0v) is 7.37. The molecule has 0 aliphatic rings. The van der Waals surface area contributed by atoms with Gasteiger partial charge in [-0.05, 0) is 19.1 Å². The standard InChI is InChI=1S/C7H10F2N2S/c1-4-2-3-5(12-4)6(11-10)7(8)9/h2-3,6-7,11H,10H2,1H3. The number of hydrogen-bond donors (Lipinski definition) is 2. The smallest absolute Gasteiger partial charge is 0.259 e. The molecule has 68 valence electrons. The van der Waals surface area contributed by atoms with E-state index in [1.165, 1.54) is 11.3 Å². The van der Waals surface area contributed by atoms with E-state index in [0.29, 0.717) is 4.88 Å². The summed E-state index contributed by atoms with van der Waals surface area (Å²) in [4.78, 5) is 1.58. The van der Waals surface area contributed by atoms with Crippen LogP contribution in [0.1, 0.15) is 15.8 Å². The predicted octanol–water partition coefficient (Wildman–Crippen LogP) is 1.83. The minimum atomic E-state index is -2.46. The minimum absolute atomic E-state index is 0.574. The normalized spacial score (nSPS) is 13.8. The maximum Gasteiger partial charge on any atom is 0.259 e. The van der Waals surface area contributed by atoms with Gasteiger partial charge in [0.25, 0.3) is 6.43 Å². The summed E-state index contributed by atoms with van der Waals surface area (Å²) in [6, 6.07) is 2.42. The summed E-state index contributed by atoms with van der Waals surface area (Å²) in [5, 5.41) is 0. The molecule has 1 heterocycles.